The van der Waals surface area contributed by atoms with Gasteiger partial charge in [0, 0.05) is 24.0 Å². The summed E-state index contributed by atoms with van der Waals surface area (Å²) in [5.74, 6) is -0.367. The van der Waals surface area contributed by atoms with Gasteiger partial charge in [0.1, 0.15) is 18.3 Å². The lowest BCUT2D eigenvalue weighted by atomic mass is 10.0. The van der Waals surface area contributed by atoms with E-state index in [-0.39, 0.29) is 35.5 Å². The molecule has 4 rings (SSSR count). The highest BCUT2D eigenvalue weighted by Crippen LogP contribution is 2.27. The Morgan fingerprint density at radius 3 is 2.07 bits per heavy atom. The molecular formula is C35H38ClN3O5S. The van der Waals surface area contributed by atoms with E-state index in [1.165, 1.54) is 24.1 Å². The number of amides is 2. The van der Waals surface area contributed by atoms with Gasteiger partial charge in [-0.05, 0) is 66.9 Å². The number of ether oxygens (including phenoxy) is 1. The molecule has 0 radical (unpaired) electrons. The molecule has 0 aliphatic heterocycles. The van der Waals surface area contributed by atoms with E-state index in [9.17, 15) is 18.0 Å². The zero-order chi connectivity index (χ0) is 32.4. The summed E-state index contributed by atoms with van der Waals surface area (Å²) >= 11 is 6.55. The minimum atomic E-state index is -4.19. The molecule has 0 aromatic heterocycles. The summed E-state index contributed by atoms with van der Waals surface area (Å²) in [6.07, 6.45) is 0.913. The van der Waals surface area contributed by atoms with Crippen molar-refractivity contribution in [2.45, 2.75) is 50.2 Å². The van der Waals surface area contributed by atoms with E-state index in [1.54, 1.807) is 66.7 Å². The van der Waals surface area contributed by atoms with E-state index in [4.69, 9.17) is 16.3 Å². The van der Waals surface area contributed by atoms with Gasteiger partial charge in [-0.15, -0.1) is 0 Å². The fourth-order valence-corrected chi connectivity index (χ4v) is 6.43. The topological polar surface area (TPSA) is 96.0 Å². The second-order valence-electron chi connectivity index (χ2n) is 10.7. The number of hydrogen-bond donors (Lipinski definition) is 1. The van der Waals surface area contributed by atoms with Crippen LogP contribution in [-0.4, -0.2) is 50.9 Å². The number of rotatable bonds is 14. The maximum absolute atomic E-state index is 14.5. The number of nitrogens with one attached hydrogen (secondary N) is 1. The van der Waals surface area contributed by atoms with Crippen molar-refractivity contribution in [3.8, 4) is 5.75 Å². The Morgan fingerprint density at radius 2 is 1.47 bits per heavy atom. The molecule has 0 fully saturated rings. The highest BCUT2D eigenvalue weighted by molar-refractivity contribution is 7.92. The summed E-state index contributed by atoms with van der Waals surface area (Å²) in [4.78, 5) is 29.9. The molecule has 2 amide bonds. The minimum absolute atomic E-state index is 0.00816. The molecule has 236 valence electrons. The second kappa shape index (κ2) is 15.6. The van der Waals surface area contributed by atoms with Gasteiger partial charge in [0.25, 0.3) is 10.0 Å². The van der Waals surface area contributed by atoms with Crippen molar-refractivity contribution in [1.29, 1.82) is 0 Å². The molecule has 0 saturated carbocycles. The maximum Gasteiger partial charge on any atom is 0.264 e. The Bertz CT molecular complexity index is 1670. The van der Waals surface area contributed by atoms with Crippen LogP contribution in [0.3, 0.4) is 0 Å². The van der Waals surface area contributed by atoms with Gasteiger partial charge in [0.15, 0.2) is 0 Å². The SMILES string of the molecule is CC[C@@H](C)NC(=O)[C@@H](Cc1ccccc1)N(Cc1ccccc1Cl)C(=O)CN(c1ccc(OC)cc1)S(=O)(=O)c1ccccc1. The molecular weight excluding hydrogens is 610 g/mol. The van der Waals surface area contributed by atoms with Crippen molar-refractivity contribution < 1.29 is 22.7 Å². The molecule has 0 aliphatic rings. The quantitative estimate of drug-likeness (QED) is 0.179. The van der Waals surface area contributed by atoms with E-state index in [0.29, 0.717) is 22.8 Å². The Labute approximate surface area is 270 Å². The highest BCUT2D eigenvalue weighted by atomic mass is 35.5. The molecule has 10 heteroatoms. The van der Waals surface area contributed by atoms with Crippen LogP contribution in [0.25, 0.3) is 0 Å². The van der Waals surface area contributed by atoms with Gasteiger partial charge in [-0.3, -0.25) is 13.9 Å². The summed E-state index contributed by atoms with van der Waals surface area (Å²) in [6, 6.07) is 29.8. The number of methoxy groups -OCH3 is 1. The molecule has 0 aliphatic carbocycles. The molecule has 2 atom stereocenters. The molecule has 0 saturated heterocycles. The highest BCUT2D eigenvalue weighted by Gasteiger charge is 2.35. The average molecular weight is 648 g/mol. The number of carbonyl (C=O) groups is 2. The van der Waals surface area contributed by atoms with Crippen LogP contribution < -0.4 is 14.4 Å². The van der Waals surface area contributed by atoms with Crippen molar-refractivity contribution in [3.05, 3.63) is 125 Å². The van der Waals surface area contributed by atoms with E-state index in [1.807, 2.05) is 44.2 Å². The Balaban J connectivity index is 1.81. The van der Waals surface area contributed by atoms with E-state index in [2.05, 4.69) is 5.32 Å². The fraction of sp³-hybridized carbons (Fsp3) is 0.257. The fourth-order valence-electron chi connectivity index (χ4n) is 4.80. The first-order chi connectivity index (χ1) is 21.6. The smallest absolute Gasteiger partial charge is 0.264 e. The van der Waals surface area contributed by atoms with Crippen LogP contribution in [-0.2, 0) is 32.6 Å². The van der Waals surface area contributed by atoms with Gasteiger partial charge in [-0.25, -0.2) is 8.42 Å². The number of sulfonamides is 1. The minimum Gasteiger partial charge on any atom is -0.497 e. The number of benzene rings is 4. The van der Waals surface area contributed by atoms with Gasteiger partial charge in [-0.2, -0.15) is 0 Å². The maximum atomic E-state index is 14.5. The van der Waals surface area contributed by atoms with Gasteiger partial charge in [0.05, 0.1) is 17.7 Å². The number of carbonyl (C=O) groups excluding carboxylic acids is 2. The molecule has 0 unspecified atom stereocenters. The van der Waals surface area contributed by atoms with Gasteiger partial charge < -0.3 is 15.0 Å². The van der Waals surface area contributed by atoms with Crippen molar-refractivity contribution in [3.63, 3.8) is 0 Å². The van der Waals surface area contributed by atoms with E-state index < -0.39 is 28.5 Å². The third-order valence-corrected chi connectivity index (χ3v) is 9.70. The molecule has 4 aromatic carbocycles. The van der Waals surface area contributed by atoms with E-state index in [0.717, 1.165) is 9.87 Å². The van der Waals surface area contributed by atoms with Crippen LogP contribution in [0.2, 0.25) is 5.02 Å². The largest absolute Gasteiger partial charge is 0.497 e. The second-order valence-corrected chi connectivity index (χ2v) is 12.9. The van der Waals surface area contributed by atoms with Crippen LogP contribution in [0, 0.1) is 0 Å². The molecule has 0 spiro atoms. The lowest BCUT2D eigenvalue weighted by Crippen LogP contribution is -2.54. The standard InChI is InChI=1S/C35H38ClN3O5S/c1-4-26(2)37-35(41)33(23-27-13-7-5-8-14-27)38(24-28-15-11-12-18-32(28)36)34(40)25-39(29-19-21-30(44-3)22-20-29)45(42,43)31-16-9-6-10-17-31/h5-22,26,33H,4,23-25H2,1-3H3,(H,37,41)/t26-,33-/m1/s1. The molecule has 1 N–H and O–H groups in total. The Kier molecular flexibility index (Phi) is 11.6. The number of halogens is 1. The first-order valence-corrected chi connectivity index (χ1v) is 16.5. The van der Waals surface area contributed by atoms with Crippen molar-refractivity contribution in [1.82, 2.24) is 10.2 Å². The predicted molar refractivity (Wildman–Crippen MR) is 178 cm³/mol. The van der Waals surface area contributed by atoms with E-state index >= 15 is 0 Å². The van der Waals surface area contributed by atoms with Gasteiger partial charge in [-0.1, -0.05) is 85.3 Å². The lowest BCUT2D eigenvalue weighted by Gasteiger charge is -2.34. The Hall–Kier alpha value is -4.34. The zero-order valence-corrected chi connectivity index (χ0v) is 27.2. The molecule has 8 nitrogen and oxygen atoms in total. The zero-order valence-electron chi connectivity index (χ0n) is 25.6. The van der Waals surface area contributed by atoms with Crippen molar-refractivity contribution in [2.75, 3.05) is 18.0 Å². The average Bonchev–Trinajstić information content (AvgIpc) is 3.06. The summed E-state index contributed by atoms with van der Waals surface area (Å²) in [6.45, 7) is 3.29. The first kappa shape index (κ1) is 33.6. The lowest BCUT2D eigenvalue weighted by molar-refractivity contribution is -0.140. The number of hydrogen-bond acceptors (Lipinski definition) is 5. The molecule has 4 aromatic rings. The van der Waals surface area contributed by atoms with Crippen molar-refractivity contribution >= 4 is 39.1 Å². The summed E-state index contributed by atoms with van der Waals surface area (Å²) in [5.41, 5.74) is 1.75. The van der Waals surface area contributed by atoms with Crippen LogP contribution in [0.5, 0.6) is 5.75 Å². The third kappa shape index (κ3) is 8.65. The molecule has 45 heavy (non-hydrogen) atoms. The normalized spacial score (nSPS) is 12.5. The van der Waals surface area contributed by atoms with Crippen LogP contribution >= 0.6 is 11.6 Å². The number of nitrogens with zero attached hydrogens (tertiary/aromatic N) is 2. The van der Waals surface area contributed by atoms with Crippen LogP contribution in [0.1, 0.15) is 31.4 Å². The summed E-state index contributed by atoms with van der Waals surface area (Å²) < 4.78 is 34.5. The number of anilines is 1. The van der Waals surface area contributed by atoms with Gasteiger partial charge >= 0.3 is 0 Å². The van der Waals surface area contributed by atoms with Crippen LogP contribution in [0.15, 0.2) is 114 Å². The first-order valence-electron chi connectivity index (χ1n) is 14.7. The van der Waals surface area contributed by atoms with Gasteiger partial charge in [0.2, 0.25) is 11.8 Å². The van der Waals surface area contributed by atoms with Crippen molar-refractivity contribution in [2.24, 2.45) is 0 Å². The predicted octanol–water partition coefficient (Wildman–Crippen LogP) is 6.10. The third-order valence-electron chi connectivity index (χ3n) is 7.54. The summed E-state index contributed by atoms with van der Waals surface area (Å²) in [5, 5.41) is 3.46. The summed E-state index contributed by atoms with van der Waals surface area (Å²) in [7, 11) is -2.68. The molecule has 0 bridgehead atoms. The monoisotopic (exact) mass is 647 g/mol. The Morgan fingerprint density at radius 1 is 0.867 bits per heavy atom. The molecule has 0 heterocycles. The van der Waals surface area contributed by atoms with Crippen LogP contribution in [0.4, 0.5) is 5.69 Å².